The van der Waals surface area contributed by atoms with E-state index in [1.165, 1.54) is 6.20 Å². The molecule has 9 heavy (non-hydrogen) atoms. The minimum atomic E-state index is -0.275. The van der Waals surface area contributed by atoms with Gasteiger partial charge in [0.15, 0.2) is 0 Å². The number of aromatic amines is 1. The average molecular weight is 125 g/mol. The summed E-state index contributed by atoms with van der Waals surface area (Å²) in [5, 5.41) is 0. The van der Waals surface area contributed by atoms with Gasteiger partial charge in [0.1, 0.15) is 11.5 Å². The van der Waals surface area contributed by atoms with Gasteiger partial charge in [0.25, 0.3) is 5.56 Å². The van der Waals surface area contributed by atoms with Crippen LogP contribution in [0.1, 0.15) is 5.82 Å². The summed E-state index contributed by atoms with van der Waals surface area (Å²) < 4.78 is 0. The van der Waals surface area contributed by atoms with E-state index in [2.05, 4.69) is 9.97 Å². The van der Waals surface area contributed by atoms with Crippen LogP contribution in [0.15, 0.2) is 11.0 Å². The minimum Gasteiger partial charge on any atom is -0.393 e. The van der Waals surface area contributed by atoms with Crippen LogP contribution in [0.2, 0.25) is 0 Å². The van der Waals surface area contributed by atoms with Gasteiger partial charge in [-0.15, -0.1) is 0 Å². The molecule has 4 heteroatoms. The zero-order chi connectivity index (χ0) is 6.85. The second-order valence-corrected chi connectivity index (χ2v) is 1.75. The average Bonchev–Trinajstić information content (AvgIpc) is 1.80. The molecule has 0 amide bonds. The van der Waals surface area contributed by atoms with Crippen molar-refractivity contribution >= 4 is 5.69 Å². The molecule has 0 bridgehead atoms. The highest BCUT2D eigenvalue weighted by molar-refractivity contribution is 5.30. The van der Waals surface area contributed by atoms with Crippen LogP contribution in [0.4, 0.5) is 5.69 Å². The molecule has 3 N–H and O–H groups in total. The Morgan fingerprint density at radius 2 is 2.44 bits per heavy atom. The van der Waals surface area contributed by atoms with E-state index in [0.717, 1.165) is 0 Å². The molecule has 0 spiro atoms. The highest BCUT2D eigenvalue weighted by Gasteiger charge is 1.90. The summed E-state index contributed by atoms with van der Waals surface area (Å²) in [6.07, 6.45) is 1.34. The molecule has 0 aliphatic rings. The van der Waals surface area contributed by atoms with Gasteiger partial charge < -0.3 is 10.7 Å². The molecule has 1 aromatic rings. The maximum atomic E-state index is 10.6. The minimum absolute atomic E-state index is 0.153. The first-order valence-corrected chi connectivity index (χ1v) is 2.51. The van der Waals surface area contributed by atoms with Gasteiger partial charge >= 0.3 is 0 Å². The predicted octanol–water partition coefficient (Wildman–Crippen LogP) is -0.339. The number of nitrogens with one attached hydrogen (secondary N) is 1. The summed E-state index contributed by atoms with van der Waals surface area (Å²) in [5.74, 6) is 0.578. The Bertz CT molecular complexity index is 265. The van der Waals surface area contributed by atoms with Crippen LogP contribution in [0.5, 0.6) is 0 Å². The smallest absolute Gasteiger partial charge is 0.274 e. The van der Waals surface area contributed by atoms with E-state index in [1.807, 2.05) is 0 Å². The Labute approximate surface area is 51.7 Å². The number of anilines is 1. The van der Waals surface area contributed by atoms with Crippen LogP contribution in [0, 0.1) is 6.92 Å². The van der Waals surface area contributed by atoms with Gasteiger partial charge in [0.2, 0.25) is 0 Å². The van der Waals surface area contributed by atoms with Crippen molar-refractivity contribution in [3.63, 3.8) is 0 Å². The van der Waals surface area contributed by atoms with Crippen molar-refractivity contribution in [3.8, 4) is 0 Å². The highest BCUT2D eigenvalue weighted by Crippen LogP contribution is 1.85. The molecule has 0 atom stereocenters. The Morgan fingerprint density at radius 3 is 2.89 bits per heavy atom. The van der Waals surface area contributed by atoms with E-state index < -0.39 is 0 Å². The lowest BCUT2D eigenvalue weighted by atomic mass is 10.5. The monoisotopic (exact) mass is 125 g/mol. The zero-order valence-electron chi connectivity index (χ0n) is 5.01. The highest BCUT2D eigenvalue weighted by atomic mass is 16.1. The van der Waals surface area contributed by atoms with Crippen LogP contribution in [0.25, 0.3) is 0 Å². The zero-order valence-corrected chi connectivity index (χ0v) is 5.01. The molecule has 1 aromatic heterocycles. The third kappa shape index (κ3) is 1.07. The Balaban J connectivity index is 3.34. The van der Waals surface area contributed by atoms with Crippen molar-refractivity contribution < 1.29 is 0 Å². The lowest BCUT2D eigenvalue weighted by molar-refractivity contribution is 1.02. The lowest BCUT2D eigenvalue weighted by Crippen LogP contribution is -2.13. The summed E-state index contributed by atoms with van der Waals surface area (Å²) in [7, 11) is 0. The van der Waals surface area contributed by atoms with Crippen LogP contribution < -0.4 is 11.3 Å². The largest absolute Gasteiger partial charge is 0.393 e. The fourth-order valence-corrected chi connectivity index (χ4v) is 0.494. The van der Waals surface area contributed by atoms with Gasteiger partial charge in [0, 0.05) is 0 Å². The fraction of sp³-hybridized carbons (Fsp3) is 0.200. The van der Waals surface area contributed by atoms with Crippen LogP contribution in [0.3, 0.4) is 0 Å². The van der Waals surface area contributed by atoms with Gasteiger partial charge in [-0.05, 0) is 6.92 Å². The molecule has 0 saturated carbocycles. The van der Waals surface area contributed by atoms with Gasteiger partial charge in [-0.25, -0.2) is 4.98 Å². The number of hydrogen-bond acceptors (Lipinski definition) is 3. The first kappa shape index (κ1) is 5.81. The van der Waals surface area contributed by atoms with Crippen molar-refractivity contribution in [2.75, 3.05) is 5.73 Å². The van der Waals surface area contributed by atoms with E-state index in [4.69, 9.17) is 5.73 Å². The third-order valence-electron chi connectivity index (χ3n) is 0.954. The summed E-state index contributed by atoms with van der Waals surface area (Å²) in [6, 6.07) is 0. The molecule has 0 aliphatic heterocycles. The van der Waals surface area contributed by atoms with E-state index in [-0.39, 0.29) is 11.2 Å². The molecule has 1 rings (SSSR count). The van der Waals surface area contributed by atoms with E-state index in [9.17, 15) is 4.79 Å². The summed E-state index contributed by atoms with van der Waals surface area (Å²) in [5.41, 5.74) is 5.06. The molecule has 48 valence electrons. The first-order valence-electron chi connectivity index (χ1n) is 2.51. The van der Waals surface area contributed by atoms with Crippen LogP contribution in [-0.2, 0) is 0 Å². The molecule has 0 saturated heterocycles. The fourth-order valence-electron chi connectivity index (χ4n) is 0.494. The molecule has 4 nitrogen and oxygen atoms in total. The van der Waals surface area contributed by atoms with Gasteiger partial charge in [0.05, 0.1) is 6.20 Å². The predicted molar refractivity (Wildman–Crippen MR) is 34.0 cm³/mol. The van der Waals surface area contributed by atoms with Gasteiger partial charge in [-0.3, -0.25) is 4.79 Å². The molecule has 0 aromatic carbocycles. The Hall–Kier alpha value is -1.32. The molecule has 0 fully saturated rings. The van der Waals surface area contributed by atoms with E-state index in [1.54, 1.807) is 6.92 Å². The van der Waals surface area contributed by atoms with Crippen molar-refractivity contribution in [1.82, 2.24) is 9.97 Å². The molecule has 0 radical (unpaired) electrons. The number of hydrogen-bond donors (Lipinski definition) is 2. The number of aromatic nitrogens is 2. The summed E-state index contributed by atoms with van der Waals surface area (Å²) >= 11 is 0. The topological polar surface area (TPSA) is 71.8 Å². The Morgan fingerprint density at radius 1 is 1.78 bits per heavy atom. The normalized spacial score (nSPS) is 9.44. The van der Waals surface area contributed by atoms with Crippen molar-refractivity contribution in [2.45, 2.75) is 6.92 Å². The summed E-state index contributed by atoms with van der Waals surface area (Å²) in [4.78, 5) is 16.8. The Kier molecular flexibility index (Phi) is 1.22. The second kappa shape index (κ2) is 1.89. The van der Waals surface area contributed by atoms with E-state index in [0.29, 0.717) is 5.82 Å². The number of aryl methyl sites for hydroxylation is 1. The molecule has 0 unspecified atom stereocenters. The van der Waals surface area contributed by atoms with Crippen molar-refractivity contribution in [3.05, 3.63) is 22.4 Å². The molecular weight excluding hydrogens is 118 g/mol. The SMILES string of the molecule is Cc1ncc(N)c(=O)[nH]1. The maximum Gasteiger partial charge on any atom is 0.274 e. The molecule has 1 heterocycles. The first-order chi connectivity index (χ1) is 4.20. The van der Waals surface area contributed by atoms with Gasteiger partial charge in [-0.1, -0.05) is 0 Å². The summed E-state index contributed by atoms with van der Waals surface area (Å²) in [6.45, 7) is 1.70. The number of nitrogens with two attached hydrogens (primary N) is 1. The van der Waals surface area contributed by atoms with Gasteiger partial charge in [-0.2, -0.15) is 0 Å². The quantitative estimate of drug-likeness (QED) is 0.498. The van der Waals surface area contributed by atoms with E-state index >= 15 is 0 Å². The molecule has 0 aliphatic carbocycles. The number of nitrogen functional groups attached to an aromatic ring is 1. The maximum absolute atomic E-state index is 10.6. The third-order valence-corrected chi connectivity index (χ3v) is 0.954. The van der Waals surface area contributed by atoms with Crippen molar-refractivity contribution in [1.29, 1.82) is 0 Å². The van der Waals surface area contributed by atoms with Crippen molar-refractivity contribution in [2.24, 2.45) is 0 Å². The number of rotatable bonds is 0. The number of H-pyrrole nitrogens is 1. The van der Waals surface area contributed by atoms with Crippen LogP contribution >= 0.6 is 0 Å². The molecular formula is C5H7N3O. The standard InChI is InChI=1S/C5H7N3O/c1-3-7-2-4(6)5(9)8-3/h2H,6H2,1H3,(H,7,8,9). The lowest BCUT2D eigenvalue weighted by Gasteiger charge is -1.90. The number of nitrogens with zero attached hydrogens (tertiary/aromatic N) is 1. The second-order valence-electron chi connectivity index (χ2n) is 1.75. The van der Waals surface area contributed by atoms with Crippen LogP contribution in [-0.4, -0.2) is 9.97 Å².